The van der Waals surface area contributed by atoms with E-state index < -0.39 is 11.6 Å². The van der Waals surface area contributed by atoms with Crippen LogP contribution in [0, 0.1) is 35.2 Å². The van der Waals surface area contributed by atoms with Crippen LogP contribution in [0.4, 0.5) is 13.2 Å². The fraction of sp³-hybridized carbons (Fsp3) is 0.355. The monoisotopic (exact) mass is 476 g/mol. The molecule has 1 heterocycles. The topological polar surface area (TPSA) is 9.23 Å². The summed E-state index contributed by atoms with van der Waals surface area (Å²) in [5.74, 6) is -0.255. The Hall–Kier alpha value is -2.85. The molecule has 1 aliphatic carbocycles. The quantitative estimate of drug-likeness (QED) is 0.310. The van der Waals surface area contributed by atoms with Crippen LogP contribution < -0.4 is 0 Å². The van der Waals surface area contributed by atoms with Gasteiger partial charge in [-0.1, -0.05) is 61.5 Å². The first kappa shape index (κ1) is 23.9. The van der Waals surface area contributed by atoms with Crippen molar-refractivity contribution >= 4 is 0 Å². The molecule has 1 aliphatic heterocycles. The zero-order valence-corrected chi connectivity index (χ0v) is 20.1. The highest BCUT2D eigenvalue weighted by molar-refractivity contribution is 5.71. The molecule has 0 radical (unpaired) electrons. The fourth-order valence-corrected chi connectivity index (χ4v) is 5.53. The predicted octanol–water partition coefficient (Wildman–Crippen LogP) is 8.68. The summed E-state index contributed by atoms with van der Waals surface area (Å²) in [7, 11) is 0. The van der Waals surface area contributed by atoms with Crippen LogP contribution in [0.2, 0.25) is 0 Å². The summed E-state index contributed by atoms with van der Waals surface area (Å²) in [6, 6.07) is 15.5. The van der Waals surface area contributed by atoms with E-state index in [2.05, 4.69) is 6.58 Å². The standard InChI is InChI=1S/C31H31F3O/c1-3-5-6-19-15-24-16-27(24)31(35-18-19)23-12-13-25(28(32)17-23)21-7-9-22(10-8-21)26-14-11-20(4-2)29(33)30(26)34/h3,7-14,17,19,24,27,31H,1,4-6,15-16,18H2,2H3/t19?,24-,27-,31?/m1/s1. The molecule has 4 heteroatoms. The average Bonchev–Trinajstić information content (AvgIpc) is 3.64. The molecule has 5 rings (SSSR count). The number of aryl methyl sites for hydroxylation is 1. The van der Waals surface area contributed by atoms with Crippen molar-refractivity contribution < 1.29 is 17.9 Å². The number of allylic oxidation sites excluding steroid dienone is 1. The van der Waals surface area contributed by atoms with Crippen molar-refractivity contribution in [2.45, 2.75) is 45.1 Å². The summed E-state index contributed by atoms with van der Waals surface area (Å²) in [6.45, 7) is 6.33. The van der Waals surface area contributed by atoms with Gasteiger partial charge in [0.15, 0.2) is 11.6 Å². The molecule has 0 spiro atoms. The summed E-state index contributed by atoms with van der Waals surface area (Å²) >= 11 is 0. The molecule has 3 aromatic rings. The second-order valence-electron chi connectivity index (χ2n) is 9.95. The summed E-state index contributed by atoms with van der Waals surface area (Å²) in [5, 5.41) is 0. The molecule has 1 saturated heterocycles. The van der Waals surface area contributed by atoms with Gasteiger partial charge in [-0.25, -0.2) is 13.2 Å². The molecule has 35 heavy (non-hydrogen) atoms. The molecule has 182 valence electrons. The fourth-order valence-electron chi connectivity index (χ4n) is 5.53. The molecule has 0 N–H and O–H groups in total. The third kappa shape index (κ3) is 4.81. The molecule has 0 bridgehead atoms. The molecule has 0 amide bonds. The number of halogens is 3. The van der Waals surface area contributed by atoms with E-state index in [4.69, 9.17) is 4.74 Å². The van der Waals surface area contributed by atoms with Crippen LogP contribution in [0.1, 0.15) is 49.8 Å². The van der Waals surface area contributed by atoms with E-state index in [-0.39, 0.29) is 17.5 Å². The van der Waals surface area contributed by atoms with Crippen LogP contribution in [0.5, 0.6) is 0 Å². The molecular formula is C31H31F3O. The van der Waals surface area contributed by atoms with Gasteiger partial charge in [-0.3, -0.25) is 0 Å². The van der Waals surface area contributed by atoms with Crippen molar-refractivity contribution in [3.63, 3.8) is 0 Å². The Morgan fingerprint density at radius 2 is 1.63 bits per heavy atom. The largest absolute Gasteiger partial charge is 0.373 e. The average molecular weight is 477 g/mol. The van der Waals surface area contributed by atoms with Crippen molar-refractivity contribution in [1.82, 2.24) is 0 Å². The van der Waals surface area contributed by atoms with E-state index in [9.17, 15) is 8.78 Å². The molecule has 1 nitrogen and oxygen atoms in total. The zero-order valence-electron chi connectivity index (χ0n) is 20.1. The van der Waals surface area contributed by atoms with Crippen LogP contribution in [0.15, 0.2) is 67.3 Å². The minimum Gasteiger partial charge on any atom is -0.373 e. The SMILES string of the molecule is C=CCCC1COC(c2ccc(-c3ccc(-c4ccc(CC)c(F)c4F)cc3)c(F)c2)[C@@H]2C[C@H]2C1. The molecule has 2 unspecified atom stereocenters. The number of ether oxygens (including phenoxy) is 1. The first-order chi connectivity index (χ1) is 17.0. The Kier molecular flexibility index (Phi) is 6.84. The number of fused-ring (bicyclic) bond motifs is 1. The van der Waals surface area contributed by atoms with Crippen LogP contribution >= 0.6 is 0 Å². The van der Waals surface area contributed by atoms with Gasteiger partial charge in [0.05, 0.1) is 12.7 Å². The zero-order chi connectivity index (χ0) is 24.5. The van der Waals surface area contributed by atoms with Gasteiger partial charge in [0.25, 0.3) is 0 Å². The van der Waals surface area contributed by atoms with Crippen LogP contribution in [-0.4, -0.2) is 6.61 Å². The van der Waals surface area contributed by atoms with Gasteiger partial charge >= 0.3 is 0 Å². The Bertz CT molecular complexity index is 1220. The van der Waals surface area contributed by atoms with E-state index in [1.165, 1.54) is 6.42 Å². The Labute approximate surface area is 205 Å². The first-order valence-corrected chi connectivity index (χ1v) is 12.6. The Morgan fingerprint density at radius 1 is 0.914 bits per heavy atom. The van der Waals surface area contributed by atoms with Crippen LogP contribution in [0.25, 0.3) is 22.3 Å². The summed E-state index contributed by atoms with van der Waals surface area (Å²) in [5.41, 5.74) is 3.19. The number of rotatable bonds is 7. The maximum Gasteiger partial charge on any atom is 0.166 e. The van der Waals surface area contributed by atoms with Gasteiger partial charge in [0, 0.05) is 11.1 Å². The minimum atomic E-state index is -0.846. The smallest absolute Gasteiger partial charge is 0.166 e. The lowest BCUT2D eigenvalue weighted by Crippen LogP contribution is -2.12. The Balaban J connectivity index is 1.34. The first-order valence-electron chi connectivity index (χ1n) is 12.6. The van der Waals surface area contributed by atoms with Crippen molar-refractivity contribution in [2.24, 2.45) is 17.8 Å². The second-order valence-corrected chi connectivity index (χ2v) is 9.95. The summed E-state index contributed by atoms with van der Waals surface area (Å²) in [4.78, 5) is 0. The van der Waals surface area contributed by atoms with Crippen molar-refractivity contribution in [2.75, 3.05) is 6.61 Å². The highest BCUT2D eigenvalue weighted by Gasteiger charge is 2.47. The maximum absolute atomic E-state index is 15.2. The lowest BCUT2D eigenvalue weighted by atomic mass is 9.95. The highest BCUT2D eigenvalue weighted by atomic mass is 19.2. The molecular weight excluding hydrogens is 445 g/mol. The minimum absolute atomic E-state index is 0.0522. The van der Waals surface area contributed by atoms with Gasteiger partial charge in [0.1, 0.15) is 5.82 Å². The van der Waals surface area contributed by atoms with Crippen molar-refractivity contribution in [3.8, 4) is 22.3 Å². The Morgan fingerprint density at radius 3 is 2.31 bits per heavy atom. The summed E-state index contributed by atoms with van der Waals surface area (Å²) in [6.07, 6.45) is 6.78. The highest BCUT2D eigenvalue weighted by Crippen LogP contribution is 2.55. The van der Waals surface area contributed by atoms with E-state index in [0.717, 1.165) is 24.8 Å². The number of hydrogen-bond donors (Lipinski definition) is 0. The summed E-state index contributed by atoms with van der Waals surface area (Å²) < 4.78 is 50.3. The normalized spacial score (nSPS) is 23.4. The van der Waals surface area contributed by atoms with Crippen LogP contribution in [-0.2, 0) is 11.2 Å². The molecule has 2 fully saturated rings. The molecule has 4 atom stereocenters. The predicted molar refractivity (Wildman–Crippen MR) is 134 cm³/mol. The number of hydrogen-bond acceptors (Lipinski definition) is 1. The number of benzene rings is 3. The van der Waals surface area contributed by atoms with Gasteiger partial charge in [-0.15, -0.1) is 6.58 Å². The molecule has 3 aromatic carbocycles. The van der Waals surface area contributed by atoms with E-state index in [1.54, 1.807) is 55.5 Å². The molecule has 0 aromatic heterocycles. The van der Waals surface area contributed by atoms with Crippen LogP contribution in [0.3, 0.4) is 0 Å². The van der Waals surface area contributed by atoms with E-state index >= 15 is 4.39 Å². The molecule has 1 saturated carbocycles. The lowest BCUT2D eigenvalue weighted by molar-refractivity contribution is 0.0238. The van der Waals surface area contributed by atoms with E-state index in [0.29, 0.717) is 53.0 Å². The second kappa shape index (κ2) is 10.0. The van der Waals surface area contributed by atoms with Gasteiger partial charge in [-0.2, -0.15) is 0 Å². The lowest BCUT2D eigenvalue weighted by Gasteiger charge is -2.20. The van der Waals surface area contributed by atoms with Crippen molar-refractivity contribution in [1.29, 1.82) is 0 Å². The van der Waals surface area contributed by atoms with Gasteiger partial charge in [0.2, 0.25) is 0 Å². The maximum atomic E-state index is 15.2. The third-order valence-corrected chi connectivity index (χ3v) is 7.66. The van der Waals surface area contributed by atoms with Gasteiger partial charge < -0.3 is 4.74 Å². The molecule has 2 aliphatic rings. The van der Waals surface area contributed by atoms with Crippen molar-refractivity contribution in [3.05, 3.63) is 95.8 Å². The van der Waals surface area contributed by atoms with E-state index in [1.807, 2.05) is 12.1 Å². The van der Waals surface area contributed by atoms with Gasteiger partial charge in [-0.05, 0) is 78.2 Å². The third-order valence-electron chi connectivity index (χ3n) is 7.66.